The number of esters is 1. The van der Waals surface area contributed by atoms with Crippen molar-refractivity contribution >= 4 is 17.8 Å². The molecule has 2 aliphatic rings. The molecule has 1 fully saturated rings. The van der Waals surface area contributed by atoms with Gasteiger partial charge in [0, 0.05) is 26.2 Å². The number of hydrogen-bond donors (Lipinski definition) is 2. The summed E-state index contributed by atoms with van der Waals surface area (Å²) in [6, 6.07) is 4.00. The van der Waals surface area contributed by atoms with E-state index in [0.717, 1.165) is 26.2 Å². The second-order valence-electron chi connectivity index (χ2n) is 7.07. The Morgan fingerprint density at radius 3 is 2.62 bits per heavy atom. The van der Waals surface area contributed by atoms with Gasteiger partial charge in [-0.15, -0.1) is 0 Å². The molecule has 0 saturated carbocycles. The van der Waals surface area contributed by atoms with Crippen LogP contribution >= 0.6 is 0 Å². The van der Waals surface area contributed by atoms with Crippen LogP contribution in [-0.2, 0) is 14.3 Å². The minimum atomic E-state index is -1.11. The molecule has 158 valence electrons. The van der Waals surface area contributed by atoms with E-state index < -0.39 is 23.8 Å². The molecular weight excluding hydrogens is 376 g/mol. The van der Waals surface area contributed by atoms with Crippen LogP contribution in [-0.4, -0.2) is 79.2 Å². The molecule has 29 heavy (non-hydrogen) atoms. The molecule has 1 aromatic carbocycles. The van der Waals surface area contributed by atoms with E-state index in [-0.39, 0.29) is 18.1 Å². The molecule has 9 nitrogen and oxygen atoms in total. The highest BCUT2D eigenvalue weighted by Crippen LogP contribution is 2.36. The van der Waals surface area contributed by atoms with Crippen molar-refractivity contribution in [1.82, 2.24) is 15.1 Å². The van der Waals surface area contributed by atoms with Crippen LogP contribution < -0.4 is 10.1 Å². The maximum Gasteiger partial charge on any atom is 0.321 e. The van der Waals surface area contributed by atoms with Gasteiger partial charge in [0.05, 0.1) is 13.2 Å². The van der Waals surface area contributed by atoms with Gasteiger partial charge in [0.25, 0.3) is 0 Å². The average Bonchev–Trinajstić information content (AvgIpc) is 2.70. The fraction of sp³-hybridized carbons (Fsp3) is 0.550. The molecule has 0 aliphatic carbocycles. The molecule has 9 heteroatoms. The van der Waals surface area contributed by atoms with Gasteiger partial charge >= 0.3 is 5.97 Å². The zero-order valence-electron chi connectivity index (χ0n) is 17.1. The third-order valence-corrected chi connectivity index (χ3v) is 5.06. The Labute approximate surface area is 170 Å². The van der Waals surface area contributed by atoms with E-state index in [4.69, 9.17) is 14.5 Å². The molecule has 1 amide bonds. The number of aromatic hydroxyl groups is 1. The first-order chi connectivity index (χ1) is 13.9. The molecule has 0 bridgehead atoms. The van der Waals surface area contributed by atoms with Crippen molar-refractivity contribution in [3.63, 3.8) is 0 Å². The highest BCUT2D eigenvalue weighted by Gasteiger charge is 2.42. The lowest BCUT2D eigenvalue weighted by Gasteiger charge is -2.37. The summed E-state index contributed by atoms with van der Waals surface area (Å²) in [6.07, 6.45) is 0. The van der Waals surface area contributed by atoms with Crippen LogP contribution in [0.1, 0.15) is 25.5 Å². The van der Waals surface area contributed by atoms with E-state index in [1.54, 1.807) is 19.1 Å². The number of phenols is 1. The van der Waals surface area contributed by atoms with Gasteiger partial charge in [-0.1, -0.05) is 6.07 Å². The third-order valence-electron chi connectivity index (χ3n) is 5.06. The number of phenolic OH excluding ortho intramolecular Hbond substituents is 1. The minimum absolute atomic E-state index is 0.00758. The first-order valence-corrected chi connectivity index (χ1v) is 9.89. The van der Waals surface area contributed by atoms with E-state index in [0.29, 0.717) is 18.1 Å². The third kappa shape index (κ3) is 4.61. The number of nitrogens with zero attached hydrogens (tertiary/aromatic N) is 3. The van der Waals surface area contributed by atoms with Crippen LogP contribution in [0.5, 0.6) is 11.5 Å². The first kappa shape index (κ1) is 20.9. The lowest BCUT2D eigenvalue weighted by atomic mass is 9.91. The van der Waals surface area contributed by atoms with Gasteiger partial charge < -0.3 is 24.4 Å². The highest BCUT2D eigenvalue weighted by atomic mass is 16.5. The summed E-state index contributed by atoms with van der Waals surface area (Å²) in [5.74, 6) is -1.43. The highest BCUT2D eigenvalue weighted by molar-refractivity contribution is 6.08. The van der Waals surface area contributed by atoms with Crippen molar-refractivity contribution in [2.24, 2.45) is 10.9 Å². The zero-order chi connectivity index (χ0) is 21.0. The van der Waals surface area contributed by atoms with E-state index in [1.807, 2.05) is 18.9 Å². The number of ether oxygens (including phenoxy) is 2. The van der Waals surface area contributed by atoms with Gasteiger partial charge in [-0.05, 0) is 38.6 Å². The number of rotatable bonds is 5. The zero-order valence-corrected chi connectivity index (χ0v) is 17.1. The quantitative estimate of drug-likeness (QED) is 0.551. The van der Waals surface area contributed by atoms with E-state index in [9.17, 15) is 14.7 Å². The molecular formula is C20H28N4O5. The van der Waals surface area contributed by atoms with Crippen LogP contribution in [0.4, 0.5) is 0 Å². The minimum Gasteiger partial charge on any atom is -0.504 e. The van der Waals surface area contributed by atoms with Crippen LogP contribution in [0.3, 0.4) is 0 Å². The fourth-order valence-electron chi connectivity index (χ4n) is 3.47. The predicted octanol–water partition coefficient (Wildman–Crippen LogP) is 0.745. The van der Waals surface area contributed by atoms with Gasteiger partial charge in [0.2, 0.25) is 11.9 Å². The van der Waals surface area contributed by atoms with Gasteiger partial charge in [0.1, 0.15) is 6.04 Å². The van der Waals surface area contributed by atoms with E-state index >= 15 is 0 Å². The van der Waals surface area contributed by atoms with Gasteiger partial charge in [-0.3, -0.25) is 14.9 Å². The molecule has 0 spiro atoms. The standard InChI is InChI=1S/C20H28N4O5/c1-4-28-15-12-13(6-7-14(15)25)17-16(19(27)29-5-2)18(26)22-20(21-17)24-10-8-23(3)9-11-24/h6-7,12,16-17,25H,4-5,8-11H2,1-3H3,(H,21,22,26). The molecule has 3 rings (SSSR count). The molecule has 1 aromatic rings. The van der Waals surface area contributed by atoms with Crippen molar-refractivity contribution in [1.29, 1.82) is 0 Å². The molecule has 2 atom stereocenters. The van der Waals surface area contributed by atoms with Crippen LogP contribution in [0.25, 0.3) is 0 Å². The second kappa shape index (κ2) is 9.13. The molecule has 0 aromatic heterocycles. The molecule has 0 radical (unpaired) electrons. The van der Waals surface area contributed by atoms with Crippen molar-refractivity contribution in [2.75, 3.05) is 46.4 Å². The number of aliphatic imine (C=N–C) groups is 1. The number of hydrogen-bond acceptors (Lipinski definition) is 8. The average molecular weight is 404 g/mol. The Morgan fingerprint density at radius 1 is 1.24 bits per heavy atom. The van der Waals surface area contributed by atoms with Crippen molar-refractivity contribution < 1.29 is 24.2 Å². The van der Waals surface area contributed by atoms with Gasteiger partial charge in [0.15, 0.2) is 17.4 Å². The Balaban J connectivity index is 1.98. The maximum atomic E-state index is 12.9. The normalized spacial score (nSPS) is 22.7. The van der Waals surface area contributed by atoms with Crippen molar-refractivity contribution in [3.8, 4) is 11.5 Å². The van der Waals surface area contributed by atoms with Crippen molar-refractivity contribution in [2.45, 2.75) is 19.9 Å². The van der Waals surface area contributed by atoms with E-state index in [1.165, 1.54) is 6.07 Å². The molecule has 2 unspecified atom stereocenters. The Kier molecular flexibility index (Phi) is 6.58. The summed E-state index contributed by atoms with van der Waals surface area (Å²) >= 11 is 0. The number of nitrogens with one attached hydrogen (secondary N) is 1. The van der Waals surface area contributed by atoms with E-state index in [2.05, 4.69) is 10.2 Å². The van der Waals surface area contributed by atoms with Gasteiger partial charge in [-0.25, -0.2) is 4.99 Å². The number of amides is 1. The van der Waals surface area contributed by atoms with Crippen LogP contribution in [0.15, 0.2) is 23.2 Å². The number of benzene rings is 1. The second-order valence-corrected chi connectivity index (χ2v) is 7.07. The van der Waals surface area contributed by atoms with Crippen molar-refractivity contribution in [3.05, 3.63) is 23.8 Å². The Hall–Kier alpha value is -2.81. The Bertz CT molecular complexity index is 789. The summed E-state index contributed by atoms with van der Waals surface area (Å²) in [4.78, 5) is 34.4. The topological polar surface area (TPSA) is 104 Å². The molecule has 2 heterocycles. The van der Waals surface area contributed by atoms with Crippen LogP contribution in [0.2, 0.25) is 0 Å². The number of carbonyl (C=O) groups excluding carboxylic acids is 2. The number of piperazine rings is 1. The Morgan fingerprint density at radius 2 is 1.97 bits per heavy atom. The number of likely N-dealkylation sites (N-methyl/N-ethyl adjacent to an activating group) is 1. The lowest BCUT2D eigenvalue weighted by molar-refractivity contribution is -0.153. The summed E-state index contributed by atoms with van der Waals surface area (Å²) in [5.41, 5.74) is 0.603. The maximum absolute atomic E-state index is 12.9. The summed E-state index contributed by atoms with van der Waals surface area (Å²) in [7, 11) is 2.05. The summed E-state index contributed by atoms with van der Waals surface area (Å²) < 4.78 is 10.6. The molecule has 2 aliphatic heterocycles. The summed E-state index contributed by atoms with van der Waals surface area (Å²) in [5, 5.41) is 12.8. The molecule has 2 N–H and O–H groups in total. The monoisotopic (exact) mass is 404 g/mol. The first-order valence-electron chi connectivity index (χ1n) is 9.89. The van der Waals surface area contributed by atoms with Crippen LogP contribution in [0, 0.1) is 5.92 Å². The summed E-state index contributed by atoms with van der Waals surface area (Å²) in [6.45, 7) is 7.22. The van der Waals surface area contributed by atoms with Gasteiger partial charge in [-0.2, -0.15) is 0 Å². The molecule has 1 saturated heterocycles. The SMILES string of the molecule is CCOC(=O)C1C(=O)NC(N2CCN(C)CC2)=NC1c1ccc(O)c(OCC)c1. The largest absolute Gasteiger partial charge is 0.504 e. The smallest absolute Gasteiger partial charge is 0.321 e. The lowest BCUT2D eigenvalue weighted by Crippen LogP contribution is -2.56. The predicted molar refractivity (Wildman–Crippen MR) is 107 cm³/mol. The number of carbonyl (C=O) groups is 2. The fourth-order valence-corrected chi connectivity index (χ4v) is 3.47. The number of guanidine groups is 1.